The first kappa shape index (κ1) is 89.6. The van der Waals surface area contributed by atoms with Crippen LogP contribution in [-0.2, 0) is 24.0 Å². The molecule has 0 bridgehead atoms. The summed E-state index contributed by atoms with van der Waals surface area (Å²) in [6.45, 7) is 11.9. The first-order chi connectivity index (χ1) is 45.6. The van der Waals surface area contributed by atoms with Gasteiger partial charge in [0.1, 0.15) is 5.78 Å². The molecule has 0 rings (SSSR count). The van der Waals surface area contributed by atoms with Gasteiger partial charge in [-0.05, 0) is 174 Å². The first-order valence-electron chi connectivity index (χ1n) is 40.1. The summed E-state index contributed by atoms with van der Waals surface area (Å²) in [5, 5.41) is 3.01. The molecule has 13 heteroatoms. The van der Waals surface area contributed by atoms with E-state index in [-0.39, 0.29) is 29.4 Å². The minimum absolute atomic E-state index is 0.0866. The summed E-state index contributed by atoms with van der Waals surface area (Å²) < 4.78 is 0. The molecular formula is C80H154N8O5. The highest BCUT2D eigenvalue weighted by atomic mass is 16.2. The Morgan fingerprint density at radius 1 is 0.301 bits per heavy atom. The maximum absolute atomic E-state index is 14.2. The molecule has 0 aliphatic rings. The van der Waals surface area contributed by atoms with E-state index in [0.29, 0.717) is 117 Å². The number of nitrogens with two attached hydrogens (primary N) is 4. The smallest absolute Gasteiger partial charge is 0.236 e. The average molecular weight is 1310 g/mol. The summed E-state index contributed by atoms with van der Waals surface area (Å²) in [5.74, 6) is 0.436. The number of rotatable bonds is 73. The van der Waals surface area contributed by atoms with E-state index >= 15 is 0 Å². The molecule has 0 aromatic carbocycles. The van der Waals surface area contributed by atoms with Gasteiger partial charge in [0.2, 0.25) is 23.6 Å². The maximum Gasteiger partial charge on any atom is 0.236 e. The fourth-order valence-corrected chi connectivity index (χ4v) is 12.4. The van der Waals surface area contributed by atoms with E-state index in [9.17, 15) is 24.0 Å². The van der Waals surface area contributed by atoms with Crippen LogP contribution in [0.25, 0.3) is 0 Å². The fraction of sp³-hybridized carbons (Fsp3) is 0.863. The first-order valence-corrected chi connectivity index (χ1v) is 40.1. The van der Waals surface area contributed by atoms with Crippen molar-refractivity contribution in [2.75, 3.05) is 58.9 Å². The van der Waals surface area contributed by atoms with Gasteiger partial charge < -0.3 is 43.0 Å². The van der Waals surface area contributed by atoms with Gasteiger partial charge in [0.05, 0.1) is 12.1 Å². The highest BCUT2D eigenvalue weighted by Gasteiger charge is 2.20. The van der Waals surface area contributed by atoms with Crippen molar-refractivity contribution in [3.8, 4) is 0 Å². The predicted octanol–water partition coefficient (Wildman–Crippen LogP) is 18.9. The Bertz CT molecular complexity index is 1780. The van der Waals surface area contributed by atoms with Crippen LogP contribution >= 0.6 is 0 Å². The van der Waals surface area contributed by atoms with E-state index < -0.39 is 12.1 Å². The number of carbonyl (C=O) groups is 5. The number of hydrogen-bond acceptors (Lipinski definition) is 9. The van der Waals surface area contributed by atoms with Gasteiger partial charge in [-0.25, -0.2) is 0 Å². The fourth-order valence-electron chi connectivity index (χ4n) is 12.4. The molecule has 0 aliphatic heterocycles. The number of unbranched alkanes of at least 4 members (excludes halogenated alkanes) is 37. The van der Waals surface area contributed by atoms with Crippen molar-refractivity contribution in [3.05, 3.63) is 36.5 Å². The van der Waals surface area contributed by atoms with Crippen LogP contribution in [0.5, 0.6) is 0 Å². The van der Waals surface area contributed by atoms with Crippen LogP contribution in [0.3, 0.4) is 0 Å². The van der Waals surface area contributed by atoms with Crippen molar-refractivity contribution >= 4 is 29.4 Å². The number of carbonyl (C=O) groups excluding carboxylic acids is 5. The SMILES string of the molecule is CCCCCCCC/C=C\CCCCCCCC(=O)N(CCCCN(CCCN(CCCCC(=O)[C@@H](N)CCCCN)C(=O)CCCCCCC/C=C\CCCCCCCC)C(=O)CCCCCCC/C=C\CCCCCCCC)CCCNC(=O)[C@@H](N)CCCCN. The van der Waals surface area contributed by atoms with Gasteiger partial charge in [0, 0.05) is 71.5 Å². The third-order valence-electron chi connectivity index (χ3n) is 18.7. The molecule has 0 aromatic rings. The average Bonchev–Trinajstić information content (AvgIpc) is 2.78. The number of ketones is 1. The molecule has 0 aromatic heterocycles. The van der Waals surface area contributed by atoms with E-state index in [1.54, 1.807) is 0 Å². The van der Waals surface area contributed by atoms with Crippen LogP contribution < -0.4 is 28.3 Å². The molecular weight excluding hydrogens is 1150 g/mol. The largest absolute Gasteiger partial charge is 0.355 e. The van der Waals surface area contributed by atoms with Gasteiger partial charge in [-0.1, -0.05) is 224 Å². The molecule has 0 saturated carbocycles. The van der Waals surface area contributed by atoms with Gasteiger partial charge in [-0.2, -0.15) is 0 Å². The standard InChI is InChI=1S/C80H154N8O5/c1-4-7-10-13-16-19-22-25-28-31-34-37-40-43-46-62-77(90)86(71-57-67-85-80(93)75(84)60-50-53-66-82)69-55-56-70-88(79(92)64-48-45-42-39-36-33-30-27-24-21-18-15-12-9-6-3)73-58-72-87(68-54-51-61-76(89)74(83)59-49-52-65-81)78(91)63-47-44-41-38-35-32-29-26-23-20-17-14-11-8-5-2/h25-30,74-75H,4-24,31-73,81-84H2,1-3H3,(H,85,93)/b28-25-,29-26-,30-27-/t74-,75-/m0/s1. The van der Waals surface area contributed by atoms with Gasteiger partial charge in [0.25, 0.3) is 0 Å². The number of Topliss-reactive ketones (excluding diaryl/α,β-unsaturated/α-hetero) is 1. The Morgan fingerprint density at radius 2 is 0.570 bits per heavy atom. The molecule has 0 spiro atoms. The van der Waals surface area contributed by atoms with Crippen LogP contribution in [-0.4, -0.2) is 115 Å². The van der Waals surface area contributed by atoms with Crippen molar-refractivity contribution in [1.29, 1.82) is 0 Å². The van der Waals surface area contributed by atoms with Gasteiger partial charge in [-0.3, -0.25) is 24.0 Å². The Hall–Kier alpha value is -3.39. The minimum Gasteiger partial charge on any atom is -0.355 e. The maximum atomic E-state index is 14.2. The molecule has 0 unspecified atom stereocenters. The highest BCUT2D eigenvalue weighted by Crippen LogP contribution is 2.17. The number of allylic oxidation sites excluding steroid dienone is 6. The molecule has 0 radical (unpaired) electrons. The lowest BCUT2D eigenvalue weighted by Gasteiger charge is -2.27. The van der Waals surface area contributed by atoms with Crippen molar-refractivity contribution in [1.82, 2.24) is 20.0 Å². The van der Waals surface area contributed by atoms with Crippen LogP contribution in [0.4, 0.5) is 0 Å². The molecule has 0 saturated heterocycles. The molecule has 2 atom stereocenters. The van der Waals surface area contributed by atoms with Crippen molar-refractivity contribution in [2.45, 2.75) is 386 Å². The summed E-state index contributed by atoms with van der Waals surface area (Å²) in [6.07, 6.45) is 72.3. The third-order valence-corrected chi connectivity index (χ3v) is 18.7. The second kappa shape index (κ2) is 71.4. The zero-order valence-corrected chi connectivity index (χ0v) is 61.6. The van der Waals surface area contributed by atoms with Crippen molar-refractivity contribution in [2.24, 2.45) is 22.9 Å². The van der Waals surface area contributed by atoms with Gasteiger partial charge in [-0.15, -0.1) is 0 Å². The summed E-state index contributed by atoms with van der Waals surface area (Å²) >= 11 is 0. The van der Waals surface area contributed by atoms with Crippen molar-refractivity contribution < 1.29 is 24.0 Å². The highest BCUT2D eigenvalue weighted by molar-refractivity contribution is 5.83. The molecule has 4 amide bonds. The van der Waals surface area contributed by atoms with E-state index in [4.69, 9.17) is 22.9 Å². The molecule has 0 heterocycles. The zero-order valence-electron chi connectivity index (χ0n) is 61.6. The number of hydrogen-bond donors (Lipinski definition) is 5. The summed E-state index contributed by atoms with van der Waals surface area (Å²) in [7, 11) is 0. The molecule has 0 aliphatic carbocycles. The monoisotopic (exact) mass is 1310 g/mol. The third kappa shape index (κ3) is 60.7. The van der Waals surface area contributed by atoms with Crippen molar-refractivity contribution in [3.63, 3.8) is 0 Å². The molecule has 0 fully saturated rings. The van der Waals surface area contributed by atoms with Gasteiger partial charge in [0.15, 0.2) is 0 Å². The Labute approximate surface area is 574 Å². The van der Waals surface area contributed by atoms with Crippen LogP contribution in [0.2, 0.25) is 0 Å². The molecule has 9 N–H and O–H groups in total. The minimum atomic E-state index is -0.563. The second-order valence-electron chi connectivity index (χ2n) is 27.6. The number of amides is 4. The van der Waals surface area contributed by atoms with E-state index in [2.05, 4.69) is 62.5 Å². The molecule has 544 valence electrons. The Morgan fingerprint density at radius 3 is 0.903 bits per heavy atom. The van der Waals surface area contributed by atoms with Crippen LogP contribution in [0, 0.1) is 0 Å². The number of nitrogens with one attached hydrogen (secondary N) is 1. The van der Waals surface area contributed by atoms with Gasteiger partial charge >= 0.3 is 0 Å². The summed E-state index contributed by atoms with van der Waals surface area (Å²) in [5.41, 5.74) is 23.8. The summed E-state index contributed by atoms with van der Waals surface area (Å²) in [4.78, 5) is 74.0. The lowest BCUT2D eigenvalue weighted by atomic mass is 10.0. The lowest BCUT2D eigenvalue weighted by molar-refractivity contribution is -0.133. The lowest BCUT2D eigenvalue weighted by Crippen LogP contribution is -2.42. The Balaban J connectivity index is 5.90. The second-order valence-corrected chi connectivity index (χ2v) is 27.6. The van der Waals surface area contributed by atoms with Crippen LogP contribution in [0.15, 0.2) is 36.5 Å². The predicted molar refractivity (Wildman–Crippen MR) is 400 cm³/mol. The zero-order chi connectivity index (χ0) is 68.0. The topological polar surface area (TPSA) is 211 Å². The van der Waals surface area contributed by atoms with E-state index in [1.807, 2.05) is 14.7 Å². The molecule has 93 heavy (non-hydrogen) atoms. The summed E-state index contributed by atoms with van der Waals surface area (Å²) in [6, 6.07) is -1.02. The molecule has 13 nitrogen and oxygen atoms in total. The van der Waals surface area contributed by atoms with E-state index in [1.165, 1.54) is 173 Å². The Kier molecular flexibility index (Phi) is 68.8. The normalized spacial score (nSPS) is 12.4. The van der Waals surface area contributed by atoms with E-state index in [0.717, 1.165) is 122 Å². The van der Waals surface area contributed by atoms with Crippen LogP contribution in [0.1, 0.15) is 374 Å². The number of nitrogens with zero attached hydrogens (tertiary/aromatic N) is 3. The quantitative estimate of drug-likeness (QED) is 0.0289.